The Labute approximate surface area is 190 Å². The number of pyridine rings is 1. The maximum atomic E-state index is 13.5. The van der Waals surface area contributed by atoms with E-state index in [2.05, 4.69) is 30.1 Å². The maximum absolute atomic E-state index is 13.5. The van der Waals surface area contributed by atoms with E-state index < -0.39 is 11.3 Å². The zero-order chi connectivity index (χ0) is 22.5. The molecule has 1 saturated heterocycles. The largest absolute Gasteiger partial charge is 0.493 e. The molecule has 0 aliphatic carbocycles. The average molecular weight is 443 g/mol. The summed E-state index contributed by atoms with van der Waals surface area (Å²) in [5, 5.41) is 19.7. The number of thiophene rings is 1. The van der Waals surface area contributed by atoms with Gasteiger partial charge >= 0.3 is 0 Å². The number of piperidine rings is 1. The fraction of sp³-hybridized carbons (Fsp3) is 0.280. The molecule has 6 nitrogen and oxygen atoms in total. The molecule has 0 radical (unpaired) electrons. The van der Waals surface area contributed by atoms with Gasteiger partial charge in [0.15, 0.2) is 0 Å². The Kier molecular flexibility index (Phi) is 4.83. The van der Waals surface area contributed by atoms with Crippen molar-refractivity contribution in [3.8, 4) is 22.9 Å². The van der Waals surface area contributed by atoms with Crippen molar-refractivity contribution < 1.29 is 9.53 Å². The van der Waals surface area contributed by atoms with E-state index in [0.717, 1.165) is 39.3 Å². The Morgan fingerprint density at radius 2 is 2.12 bits per heavy atom. The van der Waals surface area contributed by atoms with Gasteiger partial charge in [0.2, 0.25) is 5.91 Å². The molecule has 0 saturated carbocycles. The molecule has 2 aliphatic heterocycles. The number of aromatic nitrogens is 1. The highest BCUT2D eigenvalue weighted by atomic mass is 32.1. The number of hydrogen-bond acceptors (Lipinski definition) is 6. The molecular formula is C25H22N4O2S. The number of likely N-dealkylation sites (N-methyl/N-ethyl adjacent to an activating group) is 1. The lowest BCUT2D eigenvalue weighted by atomic mass is 9.66. The van der Waals surface area contributed by atoms with Gasteiger partial charge in [-0.3, -0.25) is 15.2 Å². The van der Waals surface area contributed by atoms with E-state index in [9.17, 15) is 10.1 Å². The van der Waals surface area contributed by atoms with Crippen LogP contribution < -0.4 is 4.74 Å². The molecule has 1 N–H and O–H groups in total. The standard InChI is InChI=1S/C25H22N4O2S/c1-25(21-9-19(14-32-21)18-7-15(11-26)12-28-13-18)10-22(27)29(2)24(30)23(25)17-3-4-20-16(8-17)5-6-31-20/h3-4,7-9,12-14,23,27H,5-6,10H2,1-2H3/t23?,25-/m1/s1. The van der Waals surface area contributed by atoms with Crippen molar-refractivity contribution in [2.45, 2.75) is 31.1 Å². The van der Waals surface area contributed by atoms with Crippen LogP contribution in [-0.4, -0.2) is 35.3 Å². The van der Waals surface area contributed by atoms with Gasteiger partial charge in [-0.05, 0) is 40.3 Å². The predicted octanol–water partition coefficient (Wildman–Crippen LogP) is 4.50. The molecule has 5 rings (SSSR count). The van der Waals surface area contributed by atoms with Gasteiger partial charge < -0.3 is 9.64 Å². The number of fused-ring (bicyclic) bond motifs is 1. The molecule has 32 heavy (non-hydrogen) atoms. The van der Waals surface area contributed by atoms with Crippen LogP contribution in [0.15, 0.2) is 48.1 Å². The Balaban J connectivity index is 1.60. The predicted molar refractivity (Wildman–Crippen MR) is 123 cm³/mol. The highest BCUT2D eigenvalue weighted by Crippen LogP contribution is 2.49. The third-order valence-electron chi connectivity index (χ3n) is 6.56. The summed E-state index contributed by atoms with van der Waals surface area (Å²) in [6.07, 6.45) is 4.60. The van der Waals surface area contributed by atoms with Gasteiger partial charge in [0.05, 0.1) is 18.1 Å². The van der Waals surface area contributed by atoms with Crippen LogP contribution in [0.1, 0.15) is 40.8 Å². The van der Waals surface area contributed by atoms with Gasteiger partial charge in [0.1, 0.15) is 17.7 Å². The fourth-order valence-corrected chi connectivity index (χ4v) is 5.85. The van der Waals surface area contributed by atoms with Gasteiger partial charge in [-0.15, -0.1) is 11.3 Å². The molecule has 1 unspecified atom stereocenters. The van der Waals surface area contributed by atoms with Gasteiger partial charge in [-0.1, -0.05) is 19.1 Å². The van der Waals surface area contributed by atoms with Gasteiger partial charge in [0.25, 0.3) is 0 Å². The number of carbonyl (C=O) groups excluding carboxylic acids is 1. The molecule has 0 bridgehead atoms. The van der Waals surface area contributed by atoms with Crippen molar-refractivity contribution in [3.05, 3.63) is 69.7 Å². The van der Waals surface area contributed by atoms with E-state index in [1.54, 1.807) is 30.8 Å². The van der Waals surface area contributed by atoms with Crippen molar-refractivity contribution in [1.82, 2.24) is 9.88 Å². The first-order chi connectivity index (χ1) is 15.4. The molecule has 2 aromatic heterocycles. The number of nitriles is 1. The normalized spacial score (nSPS) is 22.4. The summed E-state index contributed by atoms with van der Waals surface area (Å²) in [6, 6.07) is 12.1. The molecule has 2 aliphatic rings. The lowest BCUT2D eigenvalue weighted by Gasteiger charge is -2.44. The van der Waals surface area contributed by atoms with Crippen LogP contribution >= 0.6 is 11.3 Å². The number of benzene rings is 1. The number of amidine groups is 1. The lowest BCUT2D eigenvalue weighted by Crippen LogP contribution is -2.51. The zero-order valence-corrected chi connectivity index (χ0v) is 18.7. The average Bonchev–Trinajstić information content (AvgIpc) is 3.47. The first-order valence-electron chi connectivity index (χ1n) is 10.5. The molecular weight excluding hydrogens is 420 g/mol. The van der Waals surface area contributed by atoms with Gasteiger partial charge in [0, 0.05) is 48.1 Å². The van der Waals surface area contributed by atoms with Crippen LogP contribution in [-0.2, 0) is 16.6 Å². The second kappa shape index (κ2) is 7.57. The molecule has 0 spiro atoms. The third kappa shape index (κ3) is 3.19. The summed E-state index contributed by atoms with van der Waals surface area (Å²) in [5.41, 5.74) is 3.88. The van der Waals surface area contributed by atoms with Crippen LogP contribution in [0.5, 0.6) is 5.75 Å². The highest BCUT2D eigenvalue weighted by molar-refractivity contribution is 7.10. The minimum absolute atomic E-state index is 0.0642. The van der Waals surface area contributed by atoms with E-state index in [1.807, 2.05) is 23.6 Å². The smallest absolute Gasteiger partial charge is 0.236 e. The van der Waals surface area contributed by atoms with E-state index in [1.165, 1.54) is 4.90 Å². The van der Waals surface area contributed by atoms with Crippen LogP contribution in [0.25, 0.3) is 11.1 Å². The van der Waals surface area contributed by atoms with Crippen molar-refractivity contribution in [1.29, 1.82) is 10.7 Å². The second-order valence-corrected chi connectivity index (χ2v) is 9.52. The van der Waals surface area contributed by atoms with Crippen molar-refractivity contribution >= 4 is 23.1 Å². The Morgan fingerprint density at radius 1 is 1.28 bits per heavy atom. The number of nitrogens with one attached hydrogen (secondary N) is 1. The van der Waals surface area contributed by atoms with Crippen LogP contribution in [0, 0.1) is 16.7 Å². The number of carbonyl (C=O) groups is 1. The minimum Gasteiger partial charge on any atom is -0.493 e. The first kappa shape index (κ1) is 20.4. The van der Waals surface area contributed by atoms with E-state index in [-0.39, 0.29) is 5.91 Å². The first-order valence-corrected chi connectivity index (χ1v) is 11.3. The maximum Gasteiger partial charge on any atom is 0.236 e. The molecule has 1 amide bonds. The topological polar surface area (TPSA) is 90.1 Å². The fourth-order valence-electron chi connectivity index (χ4n) is 4.74. The van der Waals surface area contributed by atoms with Crippen molar-refractivity contribution in [2.75, 3.05) is 13.7 Å². The van der Waals surface area contributed by atoms with Crippen molar-refractivity contribution in [2.24, 2.45) is 0 Å². The zero-order valence-electron chi connectivity index (χ0n) is 17.9. The van der Waals surface area contributed by atoms with E-state index >= 15 is 0 Å². The molecule has 1 fully saturated rings. The van der Waals surface area contributed by atoms with Crippen LogP contribution in [0.4, 0.5) is 0 Å². The number of ether oxygens (including phenoxy) is 1. The Morgan fingerprint density at radius 3 is 2.94 bits per heavy atom. The lowest BCUT2D eigenvalue weighted by molar-refractivity contribution is -0.131. The number of rotatable bonds is 3. The number of likely N-dealkylation sites (tertiary alicyclic amines) is 1. The van der Waals surface area contributed by atoms with E-state index in [4.69, 9.17) is 10.1 Å². The second-order valence-electron chi connectivity index (χ2n) is 8.61. The molecule has 3 aromatic rings. The molecule has 4 heterocycles. The highest BCUT2D eigenvalue weighted by Gasteiger charge is 2.49. The third-order valence-corrected chi connectivity index (χ3v) is 7.77. The van der Waals surface area contributed by atoms with Gasteiger partial charge in [-0.25, -0.2) is 0 Å². The molecule has 160 valence electrons. The monoisotopic (exact) mass is 442 g/mol. The SMILES string of the molecule is CN1C(=N)C[C@](C)(c2cc(-c3cncc(C#N)c3)cs2)C(c2ccc3c(c2)CCO3)C1=O. The Bertz CT molecular complexity index is 1290. The quantitative estimate of drug-likeness (QED) is 0.647. The van der Waals surface area contributed by atoms with E-state index in [0.29, 0.717) is 24.4 Å². The summed E-state index contributed by atoms with van der Waals surface area (Å²) in [5.74, 6) is 0.748. The molecule has 7 heteroatoms. The number of amides is 1. The summed E-state index contributed by atoms with van der Waals surface area (Å²) in [6.45, 7) is 2.75. The summed E-state index contributed by atoms with van der Waals surface area (Å²) >= 11 is 1.59. The van der Waals surface area contributed by atoms with Crippen molar-refractivity contribution in [3.63, 3.8) is 0 Å². The van der Waals surface area contributed by atoms with Crippen LogP contribution in [0.2, 0.25) is 0 Å². The van der Waals surface area contributed by atoms with Gasteiger partial charge in [-0.2, -0.15) is 5.26 Å². The minimum atomic E-state index is -0.558. The summed E-state index contributed by atoms with van der Waals surface area (Å²) in [4.78, 5) is 20.2. The number of nitrogens with zero attached hydrogens (tertiary/aromatic N) is 3. The Hall–Kier alpha value is -3.50. The molecule has 1 aromatic carbocycles. The number of hydrogen-bond donors (Lipinski definition) is 1. The molecule has 2 atom stereocenters. The summed E-state index contributed by atoms with van der Waals surface area (Å²) in [7, 11) is 1.69. The summed E-state index contributed by atoms with van der Waals surface area (Å²) < 4.78 is 5.66. The van der Waals surface area contributed by atoms with Crippen LogP contribution in [0.3, 0.4) is 0 Å².